The second-order valence-corrected chi connectivity index (χ2v) is 6.94. The van der Waals surface area contributed by atoms with Crippen LogP contribution in [0.3, 0.4) is 0 Å². The zero-order valence-electron chi connectivity index (χ0n) is 13.7. The van der Waals surface area contributed by atoms with Crippen molar-refractivity contribution in [2.24, 2.45) is 0 Å². The van der Waals surface area contributed by atoms with Gasteiger partial charge in [0.2, 0.25) is 5.91 Å². The van der Waals surface area contributed by atoms with Crippen LogP contribution in [0, 0.1) is 6.92 Å². The maximum atomic E-state index is 12.6. The molecule has 1 saturated heterocycles. The summed E-state index contributed by atoms with van der Waals surface area (Å²) < 4.78 is 0. The summed E-state index contributed by atoms with van der Waals surface area (Å²) in [6.45, 7) is 7.37. The number of thiophene rings is 1. The lowest BCUT2D eigenvalue weighted by Gasteiger charge is -2.36. The van der Waals surface area contributed by atoms with Gasteiger partial charge in [-0.2, -0.15) is 0 Å². The Bertz CT molecular complexity index is 698. The summed E-state index contributed by atoms with van der Waals surface area (Å²) in [7, 11) is 0. The predicted octanol–water partition coefficient (Wildman–Crippen LogP) is 3.81. The van der Waals surface area contributed by atoms with E-state index in [1.807, 2.05) is 35.4 Å². The largest absolute Gasteiger partial charge is 0.368 e. The topological polar surface area (TPSA) is 23.6 Å². The number of benzene rings is 1. The predicted molar refractivity (Wildman–Crippen MR) is 97.9 cm³/mol. The monoisotopic (exact) mass is 326 g/mol. The summed E-state index contributed by atoms with van der Waals surface area (Å²) in [4.78, 5) is 18.0. The van der Waals surface area contributed by atoms with E-state index >= 15 is 0 Å². The van der Waals surface area contributed by atoms with E-state index in [0.29, 0.717) is 0 Å². The van der Waals surface area contributed by atoms with Crippen LogP contribution >= 0.6 is 11.3 Å². The van der Waals surface area contributed by atoms with Crippen molar-refractivity contribution in [3.05, 3.63) is 57.8 Å². The second-order valence-electron chi connectivity index (χ2n) is 5.96. The molecule has 1 aromatic heterocycles. The number of nitrogens with zero attached hydrogens (tertiary/aromatic N) is 2. The van der Waals surface area contributed by atoms with Gasteiger partial charge in [-0.1, -0.05) is 18.2 Å². The van der Waals surface area contributed by atoms with Crippen LogP contribution in [0.25, 0.3) is 6.08 Å². The highest BCUT2D eigenvalue weighted by Gasteiger charge is 2.22. The summed E-state index contributed by atoms with van der Waals surface area (Å²) in [6, 6.07) is 12.6. The Hall–Kier alpha value is -2.07. The van der Waals surface area contributed by atoms with Crippen LogP contribution in [0.15, 0.2) is 47.4 Å². The molecule has 0 atom stereocenters. The van der Waals surface area contributed by atoms with Crippen LogP contribution in [0.2, 0.25) is 0 Å². The van der Waals surface area contributed by atoms with Gasteiger partial charge >= 0.3 is 0 Å². The van der Waals surface area contributed by atoms with Gasteiger partial charge < -0.3 is 9.80 Å². The summed E-state index contributed by atoms with van der Waals surface area (Å²) >= 11 is 1.66. The lowest BCUT2D eigenvalue weighted by molar-refractivity contribution is -0.127. The molecule has 1 aliphatic heterocycles. The molecule has 0 spiro atoms. The lowest BCUT2D eigenvalue weighted by atomic mass is 10.1. The van der Waals surface area contributed by atoms with E-state index in [-0.39, 0.29) is 5.91 Å². The molecule has 1 aromatic carbocycles. The molecule has 1 amide bonds. The first kappa shape index (κ1) is 15.8. The lowest BCUT2D eigenvalue weighted by Crippen LogP contribution is -2.49. The van der Waals surface area contributed by atoms with E-state index in [2.05, 4.69) is 36.1 Å². The molecule has 3 nitrogen and oxygen atoms in total. The Morgan fingerprint density at radius 3 is 2.57 bits per heavy atom. The van der Waals surface area contributed by atoms with E-state index in [1.165, 1.54) is 11.3 Å². The van der Waals surface area contributed by atoms with Gasteiger partial charge in [-0.05, 0) is 49.1 Å². The zero-order valence-corrected chi connectivity index (χ0v) is 14.5. The number of rotatable bonds is 3. The van der Waals surface area contributed by atoms with Gasteiger partial charge in [-0.15, -0.1) is 11.3 Å². The van der Waals surface area contributed by atoms with Crippen molar-refractivity contribution in [2.75, 3.05) is 31.1 Å². The summed E-state index contributed by atoms with van der Waals surface area (Å²) in [5.74, 6) is 0.155. The fourth-order valence-corrected chi connectivity index (χ4v) is 3.61. The van der Waals surface area contributed by atoms with Crippen molar-refractivity contribution in [1.82, 2.24) is 4.90 Å². The number of carbonyl (C=O) groups is 1. The van der Waals surface area contributed by atoms with Crippen molar-refractivity contribution >= 4 is 29.0 Å². The van der Waals surface area contributed by atoms with E-state index in [1.54, 1.807) is 11.3 Å². The van der Waals surface area contributed by atoms with Gasteiger partial charge in [0.15, 0.2) is 0 Å². The fourth-order valence-electron chi connectivity index (χ4n) is 2.89. The molecule has 0 saturated carbocycles. The highest BCUT2D eigenvalue weighted by molar-refractivity contribution is 7.10. The molecule has 1 aliphatic rings. The Morgan fingerprint density at radius 1 is 1.13 bits per heavy atom. The molecule has 2 heterocycles. The fraction of sp³-hybridized carbons (Fsp3) is 0.316. The molecule has 23 heavy (non-hydrogen) atoms. The average molecular weight is 326 g/mol. The normalized spacial score (nSPS) is 15.8. The van der Waals surface area contributed by atoms with Gasteiger partial charge in [0.25, 0.3) is 0 Å². The van der Waals surface area contributed by atoms with Gasteiger partial charge in [0.05, 0.1) is 0 Å². The number of aryl methyl sites for hydroxylation is 1. The molecule has 0 radical (unpaired) electrons. The average Bonchev–Trinajstić information content (AvgIpc) is 3.07. The number of hydrogen-bond donors (Lipinski definition) is 0. The Balaban J connectivity index is 1.61. The van der Waals surface area contributed by atoms with Crippen LogP contribution in [0.5, 0.6) is 0 Å². The van der Waals surface area contributed by atoms with Crippen molar-refractivity contribution in [3.8, 4) is 0 Å². The summed E-state index contributed by atoms with van der Waals surface area (Å²) in [5, 5.41) is 2.03. The van der Waals surface area contributed by atoms with E-state index < -0.39 is 0 Å². The first-order valence-electron chi connectivity index (χ1n) is 7.96. The molecule has 0 bridgehead atoms. The summed E-state index contributed by atoms with van der Waals surface area (Å²) in [5.41, 5.74) is 3.34. The van der Waals surface area contributed by atoms with Crippen LogP contribution in [-0.2, 0) is 4.79 Å². The molecular formula is C19H22N2OS. The highest BCUT2D eigenvalue weighted by Crippen LogP contribution is 2.19. The molecule has 0 unspecified atom stereocenters. The summed E-state index contributed by atoms with van der Waals surface area (Å²) in [6.07, 6.45) is 1.99. The third kappa shape index (κ3) is 3.82. The Morgan fingerprint density at radius 2 is 1.91 bits per heavy atom. The molecule has 1 fully saturated rings. The van der Waals surface area contributed by atoms with E-state index in [9.17, 15) is 4.79 Å². The SMILES string of the molecule is C/C(=C\c1cccs1)C(=O)N1CCN(c2cccc(C)c2)CC1. The third-order valence-corrected chi connectivity index (χ3v) is 4.99. The second kappa shape index (κ2) is 7.01. The van der Waals surface area contributed by atoms with Crippen molar-refractivity contribution in [1.29, 1.82) is 0 Å². The first-order valence-corrected chi connectivity index (χ1v) is 8.84. The van der Waals surface area contributed by atoms with Crippen molar-refractivity contribution < 1.29 is 4.79 Å². The maximum absolute atomic E-state index is 12.6. The molecule has 120 valence electrons. The van der Waals surface area contributed by atoms with Crippen LogP contribution < -0.4 is 4.90 Å². The van der Waals surface area contributed by atoms with Crippen LogP contribution in [0.1, 0.15) is 17.4 Å². The minimum atomic E-state index is 0.155. The number of carbonyl (C=O) groups excluding carboxylic acids is 1. The van der Waals surface area contributed by atoms with Gasteiger partial charge in [0.1, 0.15) is 0 Å². The number of hydrogen-bond acceptors (Lipinski definition) is 3. The number of piperazine rings is 1. The minimum absolute atomic E-state index is 0.155. The highest BCUT2D eigenvalue weighted by atomic mass is 32.1. The zero-order chi connectivity index (χ0) is 16.2. The Kier molecular flexibility index (Phi) is 4.82. The molecular weight excluding hydrogens is 304 g/mol. The quantitative estimate of drug-likeness (QED) is 0.801. The van der Waals surface area contributed by atoms with E-state index in [0.717, 1.165) is 36.6 Å². The van der Waals surface area contributed by atoms with Crippen LogP contribution in [-0.4, -0.2) is 37.0 Å². The van der Waals surface area contributed by atoms with Gasteiger partial charge in [-0.25, -0.2) is 0 Å². The Labute approximate surface area is 141 Å². The van der Waals surface area contributed by atoms with Crippen molar-refractivity contribution in [2.45, 2.75) is 13.8 Å². The number of amides is 1. The molecule has 3 rings (SSSR count). The smallest absolute Gasteiger partial charge is 0.249 e. The van der Waals surface area contributed by atoms with E-state index in [4.69, 9.17) is 0 Å². The van der Waals surface area contributed by atoms with Crippen LogP contribution in [0.4, 0.5) is 5.69 Å². The first-order chi connectivity index (χ1) is 11.1. The molecule has 0 N–H and O–H groups in total. The standard InChI is InChI=1S/C19H22N2OS/c1-15-5-3-6-17(13-15)20-8-10-21(11-9-20)19(22)16(2)14-18-7-4-12-23-18/h3-7,12-14H,8-11H2,1-2H3/b16-14+. The number of anilines is 1. The molecule has 4 heteroatoms. The molecule has 0 aliphatic carbocycles. The molecule has 2 aromatic rings. The maximum Gasteiger partial charge on any atom is 0.249 e. The van der Waals surface area contributed by atoms with Crippen molar-refractivity contribution in [3.63, 3.8) is 0 Å². The van der Waals surface area contributed by atoms with Gasteiger partial charge in [-0.3, -0.25) is 4.79 Å². The third-order valence-electron chi connectivity index (χ3n) is 4.17. The minimum Gasteiger partial charge on any atom is -0.368 e. The van der Waals surface area contributed by atoms with Gasteiger partial charge in [0, 0.05) is 42.3 Å².